The second-order valence-corrected chi connectivity index (χ2v) is 7.58. The number of fused-ring (bicyclic) bond motifs is 3. The maximum absolute atomic E-state index is 12.9. The number of carbonyl (C=O) groups is 1. The van der Waals surface area contributed by atoms with E-state index in [9.17, 15) is 4.79 Å². The van der Waals surface area contributed by atoms with E-state index in [0.717, 1.165) is 30.1 Å². The molecular formula is C19H28N2O. The van der Waals surface area contributed by atoms with Gasteiger partial charge in [0.05, 0.1) is 5.92 Å². The van der Waals surface area contributed by atoms with Crippen molar-refractivity contribution in [3.8, 4) is 0 Å². The van der Waals surface area contributed by atoms with E-state index in [1.165, 1.54) is 5.56 Å². The first kappa shape index (κ1) is 15.5. The number of rotatable bonds is 2. The molecule has 1 saturated carbocycles. The largest absolute Gasteiger partial charge is 0.326 e. The zero-order valence-electron chi connectivity index (χ0n) is 14.4. The molecule has 2 saturated heterocycles. The molecule has 2 heterocycles. The van der Waals surface area contributed by atoms with Crippen LogP contribution in [0.15, 0.2) is 18.2 Å². The average Bonchev–Trinajstić information content (AvgIpc) is 2.45. The fourth-order valence-electron chi connectivity index (χ4n) is 4.61. The van der Waals surface area contributed by atoms with Gasteiger partial charge in [-0.05, 0) is 62.3 Å². The fourth-order valence-corrected chi connectivity index (χ4v) is 4.61. The summed E-state index contributed by atoms with van der Waals surface area (Å²) in [6.07, 6.45) is 1.15. The molecule has 4 rings (SSSR count). The normalized spacial score (nSPS) is 34.7. The molecule has 3 fully saturated rings. The number of carbonyl (C=O) groups excluding carboxylic acids is 1. The third-order valence-corrected chi connectivity index (χ3v) is 6.02. The molecule has 1 aliphatic carbocycles. The molecule has 3 nitrogen and oxygen atoms in total. The first-order valence-corrected chi connectivity index (χ1v) is 8.47. The lowest BCUT2D eigenvalue weighted by atomic mass is 9.61. The van der Waals surface area contributed by atoms with E-state index in [-0.39, 0.29) is 11.8 Å². The average molecular weight is 300 g/mol. The number of aryl methyl sites for hydroxylation is 2. The SMILES string of the molecule is Cc1ccc(C)c(NC(=O)[C@H]2[C@H](C)[C@H]3CN(C)[C@@H]2C[C@H]3C)c1. The van der Waals surface area contributed by atoms with Crippen LogP contribution >= 0.6 is 0 Å². The van der Waals surface area contributed by atoms with Gasteiger partial charge in [0.25, 0.3) is 0 Å². The van der Waals surface area contributed by atoms with Gasteiger partial charge in [-0.3, -0.25) is 4.79 Å². The zero-order chi connectivity index (χ0) is 16.0. The Morgan fingerprint density at radius 3 is 2.73 bits per heavy atom. The Morgan fingerprint density at radius 1 is 1.27 bits per heavy atom. The van der Waals surface area contributed by atoms with Crippen molar-refractivity contribution in [1.82, 2.24) is 4.90 Å². The molecule has 120 valence electrons. The first-order valence-electron chi connectivity index (χ1n) is 8.47. The minimum Gasteiger partial charge on any atom is -0.326 e. The summed E-state index contributed by atoms with van der Waals surface area (Å²) in [5, 5.41) is 3.21. The second kappa shape index (κ2) is 5.69. The van der Waals surface area contributed by atoms with Crippen LogP contribution in [0.3, 0.4) is 0 Å². The molecule has 1 aromatic carbocycles. The second-order valence-electron chi connectivity index (χ2n) is 7.58. The molecule has 5 atom stereocenters. The maximum atomic E-state index is 12.9. The van der Waals surface area contributed by atoms with Gasteiger partial charge in [-0.1, -0.05) is 26.0 Å². The molecule has 3 aliphatic rings. The molecule has 0 aromatic heterocycles. The highest BCUT2D eigenvalue weighted by Crippen LogP contribution is 2.46. The molecule has 0 unspecified atom stereocenters. The standard InChI is InChI=1S/C19H28N2O/c1-11-6-7-12(2)16(8-11)20-19(22)18-14(4)15-10-21(5)17(18)9-13(15)3/h6-8,13-15,17-18H,9-10H2,1-5H3,(H,20,22)/t13-,14-,15+,17-,18+/m1/s1. The smallest absolute Gasteiger partial charge is 0.229 e. The molecule has 3 heteroatoms. The molecule has 2 bridgehead atoms. The van der Waals surface area contributed by atoms with Crippen LogP contribution in [0.2, 0.25) is 0 Å². The van der Waals surface area contributed by atoms with E-state index in [4.69, 9.17) is 0 Å². The van der Waals surface area contributed by atoms with E-state index in [1.807, 2.05) is 0 Å². The Balaban J connectivity index is 1.81. The number of hydrogen-bond acceptors (Lipinski definition) is 2. The molecule has 22 heavy (non-hydrogen) atoms. The van der Waals surface area contributed by atoms with Crippen molar-refractivity contribution in [2.24, 2.45) is 23.7 Å². The van der Waals surface area contributed by atoms with E-state index in [2.05, 4.69) is 63.2 Å². The molecule has 0 spiro atoms. The van der Waals surface area contributed by atoms with Gasteiger partial charge in [-0.2, -0.15) is 0 Å². The summed E-state index contributed by atoms with van der Waals surface area (Å²) in [6, 6.07) is 6.63. The summed E-state index contributed by atoms with van der Waals surface area (Å²) >= 11 is 0. The minimum absolute atomic E-state index is 0.111. The van der Waals surface area contributed by atoms with Crippen LogP contribution in [0.4, 0.5) is 5.69 Å². The Labute approximate surface area is 134 Å². The minimum atomic E-state index is 0.111. The van der Waals surface area contributed by atoms with Crippen molar-refractivity contribution in [2.45, 2.75) is 40.2 Å². The van der Waals surface area contributed by atoms with Crippen LogP contribution in [-0.2, 0) is 4.79 Å². The van der Waals surface area contributed by atoms with Crippen molar-refractivity contribution < 1.29 is 4.79 Å². The third kappa shape index (κ3) is 2.56. The predicted molar refractivity (Wildman–Crippen MR) is 90.9 cm³/mol. The van der Waals surface area contributed by atoms with Gasteiger partial charge in [0.1, 0.15) is 0 Å². The Hall–Kier alpha value is -1.35. The van der Waals surface area contributed by atoms with E-state index >= 15 is 0 Å². The summed E-state index contributed by atoms with van der Waals surface area (Å²) in [6.45, 7) is 9.88. The number of amides is 1. The fraction of sp³-hybridized carbons (Fsp3) is 0.632. The molecule has 2 aliphatic heterocycles. The van der Waals surface area contributed by atoms with Crippen molar-refractivity contribution in [3.63, 3.8) is 0 Å². The molecule has 0 radical (unpaired) electrons. The number of anilines is 1. The van der Waals surface area contributed by atoms with Crippen molar-refractivity contribution in [2.75, 3.05) is 18.9 Å². The molecule has 1 amide bonds. The van der Waals surface area contributed by atoms with Gasteiger partial charge < -0.3 is 10.2 Å². The number of benzene rings is 1. The summed E-state index contributed by atoms with van der Waals surface area (Å²) < 4.78 is 0. The van der Waals surface area contributed by atoms with Gasteiger partial charge in [0.15, 0.2) is 0 Å². The highest BCUT2D eigenvalue weighted by molar-refractivity contribution is 5.94. The van der Waals surface area contributed by atoms with E-state index in [0.29, 0.717) is 17.9 Å². The summed E-state index contributed by atoms with van der Waals surface area (Å²) in [5.41, 5.74) is 3.29. The van der Waals surface area contributed by atoms with Crippen LogP contribution in [-0.4, -0.2) is 30.4 Å². The predicted octanol–water partition coefficient (Wildman–Crippen LogP) is 3.46. The molecular weight excluding hydrogens is 272 g/mol. The van der Waals surface area contributed by atoms with Gasteiger partial charge in [-0.15, -0.1) is 0 Å². The number of nitrogens with one attached hydrogen (secondary N) is 1. The lowest BCUT2D eigenvalue weighted by Gasteiger charge is -2.54. The first-order chi connectivity index (χ1) is 10.4. The maximum Gasteiger partial charge on any atom is 0.229 e. The Morgan fingerprint density at radius 2 is 2.00 bits per heavy atom. The highest BCUT2D eigenvalue weighted by atomic mass is 16.2. The van der Waals surface area contributed by atoms with Gasteiger partial charge >= 0.3 is 0 Å². The van der Waals surface area contributed by atoms with Crippen LogP contribution < -0.4 is 5.32 Å². The van der Waals surface area contributed by atoms with Crippen LogP contribution in [0.5, 0.6) is 0 Å². The van der Waals surface area contributed by atoms with E-state index in [1.54, 1.807) is 0 Å². The summed E-state index contributed by atoms with van der Waals surface area (Å²) in [5.74, 6) is 2.16. The van der Waals surface area contributed by atoms with Crippen molar-refractivity contribution in [1.29, 1.82) is 0 Å². The van der Waals surface area contributed by atoms with Crippen LogP contribution in [0, 0.1) is 37.5 Å². The topological polar surface area (TPSA) is 32.3 Å². The quantitative estimate of drug-likeness (QED) is 0.907. The molecule has 1 N–H and O–H groups in total. The third-order valence-electron chi connectivity index (χ3n) is 6.02. The number of hydrogen-bond donors (Lipinski definition) is 1. The summed E-state index contributed by atoms with van der Waals surface area (Å²) in [7, 11) is 2.17. The van der Waals surface area contributed by atoms with Gasteiger partial charge in [-0.25, -0.2) is 0 Å². The van der Waals surface area contributed by atoms with Crippen molar-refractivity contribution >= 4 is 11.6 Å². The van der Waals surface area contributed by atoms with Crippen LogP contribution in [0.25, 0.3) is 0 Å². The summed E-state index contributed by atoms with van der Waals surface area (Å²) in [4.78, 5) is 15.3. The number of nitrogens with zero attached hydrogens (tertiary/aromatic N) is 1. The lowest BCUT2D eigenvalue weighted by Crippen LogP contribution is -2.61. The number of piperidine rings is 2. The zero-order valence-corrected chi connectivity index (χ0v) is 14.4. The highest BCUT2D eigenvalue weighted by Gasteiger charge is 2.50. The Kier molecular flexibility index (Phi) is 4.02. The van der Waals surface area contributed by atoms with Crippen molar-refractivity contribution in [3.05, 3.63) is 29.3 Å². The van der Waals surface area contributed by atoms with Gasteiger partial charge in [0, 0.05) is 18.3 Å². The Bertz CT molecular complexity index is 583. The van der Waals surface area contributed by atoms with E-state index < -0.39 is 0 Å². The monoisotopic (exact) mass is 300 g/mol. The van der Waals surface area contributed by atoms with Crippen LogP contribution in [0.1, 0.15) is 31.4 Å². The molecule has 1 aromatic rings. The van der Waals surface area contributed by atoms with Gasteiger partial charge in [0.2, 0.25) is 5.91 Å². The lowest BCUT2D eigenvalue weighted by molar-refractivity contribution is -0.134.